The van der Waals surface area contributed by atoms with E-state index in [1.54, 1.807) is 12.1 Å². The van der Waals surface area contributed by atoms with Gasteiger partial charge in [0.2, 0.25) is 0 Å². The summed E-state index contributed by atoms with van der Waals surface area (Å²) in [5.41, 5.74) is -0.279. The van der Waals surface area contributed by atoms with Gasteiger partial charge in [0.15, 0.2) is 0 Å². The molecular formula is C18H13F5N2. The lowest BCUT2D eigenvalue weighted by molar-refractivity contribution is 0.150. The van der Waals surface area contributed by atoms with E-state index in [1.807, 2.05) is 6.07 Å². The second kappa shape index (κ2) is 6.81. The Morgan fingerprint density at radius 2 is 1.68 bits per heavy atom. The van der Waals surface area contributed by atoms with Crippen molar-refractivity contribution in [1.29, 1.82) is 5.26 Å². The number of rotatable bonds is 4. The molecule has 0 aliphatic carbocycles. The Balaban J connectivity index is 1.92. The van der Waals surface area contributed by atoms with E-state index < -0.39 is 47.9 Å². The molecule has 2 aromatic rings. The summed E-state index contributed by atoms with van der Waals surface area (Å²) in [4.78, 5) is 0. The molecule has 0 spiro atoms. The number of nitrogens with one attached hydrogen (secondary N) is 1. The number of hydrogen-bond donors (Lipinski definition) is 1. The van der Waals surface area contributed by atoms with Crippen molar-refractivity contribution in [2.24, 2.45) is 0 Å². The summed E-state index contributed by atoms with van der Waals surface area (Å²) < 4.78 is 66.2. The van der Waals surface area contributed by atoms with Gasteiger partial charge in [0.05, 0.1) is 11.6 Å². The Morgan fingerprint density at radius 3 is 2.16 bits per heavy atom. The van der Waals surface area contributed by atoms with Crippen LogP contribution in [0.2, 0.25) is 0 Å². The van der Waals surface area contributed by atoms with Crippen molar-refractivity contribution >= 4 is 0 Å². The van der Waals surface area contributed by atoms with Crippen molar-refractivity contribution < 1.29 is 22.0 Å². The molecule has 7 heteroatoms. The van der Waals surface area contributed by atoms with Crippen LogP contribution in [0.3, 0.4) is 0 Å². The molecule has 0 aromatic heterocycles. The lowest BCUT2D eigenvalue weighted by Gasteiger charge is -2.41. The Hall–Kier alpha value is -2.46. The Morgan fingerprint density at radius 1 is 1.08 bits per heavy atom. The maximum absolute atomic E-state index is 14.1. The van der Waals surface area contributed by atoms with Crippen LogP contribution in [0.25, 0.3) is 11.1 Å². The molecule has 0 saturated carbocycles. The minimum atomic E-state index is -2.97. The van der Waals surface area contributed by atoms with E-state index in [2.05, 4.69) is 5.32 Å². The van der Waals surface area contributed by atoms with Gasteiger partial charge >= 0.3 is 0 Å². The topological polar surface area (TPSA) is 35.8 Å². The van der Waals surface area contributed by atoms with E-state index in [0.717, 1.165) is 0 Å². The van der Waals surface area contributed by atoms with Crippen molar-refractivity contribution in [1.82, 2.24) is 5.32 Å². The third-order valence-corrected chi connectivity index (χ3v) is 4.39. The minimum Gasteiger partial charge on any atom is -0.295 e. The van der Waals surface area contributed by atoms with Crippen LogP contribution in [-0.4, -0.2) is 18.8 Å². The fraction of sp³-hybridized carbons (Fsp3) is 0.278. The Bertz CT molecular complexity index is 790. The van der Waals surface area contributed by atoms with Crippen LogP contribution in [-0.2, 0) is 0 Å². The largest absolute Gasteiger partial charge is 0.295 e. The third-order valence-electron chi connectivity index (χ3n) is 4.39. The number of hydrogen-bond acceptors (Lipinski definition) is 2. The maximum Gasteiger partial charge on any atom is 0.264 e. The number of nitriles is 1. The molecule has 0 unspecified atom stereocenters. The number of alkyl halides is 3. The third kappa shape index (κ3) is 3.10. The van der Waals surface area contributed by atoms with Gasteiger partial charge in [0, 0.05) is 17.5 Å². The predicted molar refractivity (Wildman–Crippen MR) is 81.8 cm³/mol. The second-order valence-electron chi connectivity index (χ2n) is 5.84. The summed E-state index contributed by atoms with van der Waals surface area (Å²) >= 11 is 0. The van der Waals surface area contributed by atoms with E-state index in [0.29, 0.717) is 17.7 Å². The minimum absolute atomic E-state index is 0.178. The molecule has 3 atom stereocenters. The number of benzene rings is 2. The highest BCUT2D eigenvalue weighted by Gasteiger charge is 2.41. The quantitative estimate of drug-likeness (QED) is 0.823. The first kappa shape index (κ1) is 17.4. The molecule has 1 aliphatic rings. The van der Waals surface area contributed by atoms with Gasteiger partial charge in [-0.05, 0) is 23.3 Å². The molecular weight excluding hydrogens is 339 g/mol. The van der Waals surface area contributed by atoms with E-state index in [9.17, 15) is 22.0 Å². The normalized spacial score (nSPS) is 22.5. The lowest BCUT2D eigenvalue weighted by atomic mass is 9.78. The van der Waals surface area contributed by atoms with Gasteiger partial charge < -0.3 is 0 Å². The molecule has 1 fully saturated rings. The molecule has 2 nitrogen and oxygen atoms in total. The summed E-state index contributed by atoms with van der Waals surface area (Å²) in [6, 6.07) is 8.23. The van der Waals surface area contributed by atoms with Crippen molar-refractivity contribution in [3.8, 4) is 17.2 Å². The molecule has 0 amide bonds. The van der Waals surface area contributed by atoms with Crippen LogP contribution in [0.5, 0.6) is 0 Å². The highest BCUT2D eigenvalue weighted by Crippen LogP contribution is 2.35. The summed E-state index contributed by atoms with van der Waals surface area (Å²) in [6.45, 7) is -0.636. The Kier molecular flexibility index (Phi) is 4.73. The molecule has 2 aromatic carbocycles. The molecule has 0 radical (unpaired) electrons. The van der Waals surface area contributed by atoms with Gasteiger partial charge in [-0.25, -0.2) is 22.0 Å². The van der Waals surface area contributed by atoms with Crippen LogP contribution in [0.15, 0.2) is 36.4 Å². The fourth-order valence-electron chi connectivity index (χ4n) is 3.10. The highest BCUT2D eigenvalue weighted by molar-refractivity contribution is 5.66. The van der Waals surface area contributed by atoms with Gasteiger partial charge in [-0.3, -0.25) is 5.32 Å². The summed E-state index contributed by atoms with van der Waals surface area (Å²) in [6.07, 6.45) is -2.97. The zero-order valence-corrected chi connectivity index (χ0v) is 12.8. The van der Waals surface area contributed by atoms with Crippen molar-refractivity contribution in [3.63, 3.8) is 0 Å². The van der Waals surface area contributed by atoms with Crippen molar-refractivity contribution in [3.05, 3.63) is 59.2 Å². The average Bonchev–Trinajstić information content (AvgIpc) is 2.55. The van der Waals surface area contributed by atoms with Crippen LogP contribution in [0.1, 0.15) is 23.5 Å². The molecule has 3 rings (SSSR count). The molecule has 1 heterocycles. The number of nitrogens with zero attached hydrogens (tertiary/aromatic N) is 1. The van der Waals surface area contributed by atoms with Crippen LogP contribution >= 0.6 is 0 Å². The zero-order valence-electron chi connectivity index (χ0n) is 12.8. The van der Waals surface area contributed by atoms with Crippen molar-refractivity contribution in [2.45, 2.75) is 24.4 Å². The maximum atomic E-state index is 14.1. The first-order valence-electron chi connectivity index (χ1n) is 7.55. The molecule has 1 N–H and O–H groups in total. The Labute approximate surface area is 140 Å². The van der Waals surface area contributed by atoms with E-state index in [-0.39, 0.29) is 11.5 Å². The van der Waals surface area contributed by atoms with Crippen LogP contribution in [0.4, 0.5) is 22.0 Å². The average molecular weight is 352 g/mol. The standard InChI is InChI=1S/C18H13F5N2/c19-7-14-17(15(8-24)25-14)10-3-1-9(2-4-10)16-12(20)5-11(18(22)23)6-13(16)21/h1-6,14-15,17-18,25H,7H2/t14-,15-,17+/m0/s1. The molecule has 130 valence electrons. The second-order valence-corrected chi connectivity index (χ2v) is 5.84. The zero-order chi connectivity index (χ0) is 18.1. The highest BCUT2D eigenvalue weighted by atomic mass is 19.3. The predicted octanol–water partition coefficient (Wildman–Crippen LogP) is 4.49. The van der Waals surface area contributed by atoms with Gasteiger partial charge in [0.1, 0.15) is 24.4 Å². The summed E-state index contributed by atoms with van der Waals surface area (Å²) in [5, 5.41) is 11.8. The first-order valence-corrected chi connectivity index (χ1v) is 7.55. The van der Waals surface area contributed by atoms with Crippen LogP contribution in [0, 0.1) is 23.0 Å². The molecule has 1 saturated heterocycles. The molecule has 0 bridgehead atoms. The van der Waals surface area contributed by atoms with Gasteiger partial charge in [-0.15, -0.1) is 0 Å². The van der Waals surface area contributed by atoms with E-state index in [1.165, 1.54) is 12.1 Å². The monoisotopic (exact) mass is 352 g/mol. The summed E-state index contributed by atoms with van der Waals surface area (Å²) in [5.74, 6) is -2.50. The summed E-state index contributed by atoms with van der Waals surface area (Å²) in [7, 11) is 0. The van der Waals surface area contributed by atoms with Gasteiger partial charge in [-0.1, -0.05) is 24.3 Å². The van der Waals surface area contributed by atoms with Gasteiger partial charge in [0.25, 0.3) is 6.43 Å². The van der Waals surface area contributed by atoms with Gasteiger partial charge in [-0.2, -0.15) is 5.26 Å². The molecule has 25 heavy (non-hydrogen) atoms. The smallest absolute Gasteiger partial charge is 0.264 e. The number of halogens is 5. The SMILES string of the molecule is N#C[C@@H]1N[C@@H](CF)[C@H]1c1ccc(-c2c(F)cc(C(F)F)cc2F)cc1. The first-order chi connectivity index (χ1) is 12.0. The van der Waals surface area contributed by atoms with E-state index >= 15 is 0 Å². The van der Waals surface area contributed by atoms with E-state index in [4.69, 9.17) is 5.26 Å². The lowest BCUT2D eigenvalue weighted by Crippen LogP contribution is -2.59. The fourth-order valence-corrected chi connectivity index (χ4v) is 3.10. The van der Waals surface area contributed by atoms with Crippen LogP contribution < -0.4 is 5.32 Å². The van der Waals surface area contributed by atoms with Crippen molar-refractivity contribution in [2.75, 3.05) is 6.67 Å². The molecule has 1 aliphatic heterocycles.